The minimum Gasteiger partial charge on any atom is -0.382 e. The van der Waals surface area contributed by atoms with E-state index < -0.39 is 5.76 Å². The Bertz CT molecular complexity index is 551. The van der Waals surface area contributed by atoms with E-state index in [1.165, 1.54) is 0 Å². The number of anilines is 1. The number of hydrogen-bond acceptors (Lipinski definition) is 3. The summed E-state index contributed by atoms with van der Waals surface area (Å²) in [5, 5.41) is 3.29. The zero-order valence-corrected chi connectivity index (χ0v) is 12.4. The molecule has 1 unspecified atom stereocenters. The van der Waals surface area contributed by atoms with Gasteiger partial charge < -0.3 is 10.1 Å². The molecule has 0 aromatic heterocycles. The first-order chi connectivity index (χ1) is 10.2. The van der Waals surface area contributed by atoms with Gasteiger partial charge in [0.2, 0.25) is 0 Å². The predicted molar refractivity (Wildman–Crippen MR) is 83.0 cm³/mol. The molecule has 1 atom stereocenters. The van der Waals surface area contributed by atoms with Crippen molar-refractivity contribution in [2.75, 3.05) is 19.0 Å². The topological polar surface area (TPSA) is 21.3 Å². The van der Waals surface area contributed by atoms with Crippen molar-refractivity contribution in [3.05, 3.63) is 60.2 Å². The van der Waals surface area contributed by atoms with E-state index in [2.05, 4.69) is 5.32 Å². The molecule has 0 aliphatic rings. The van der Waals surface area contributed by atoms with Gasteiger partial charge in [-0.1, -0.05) is 54.2 Å². The van der Waals surface area contributed by atoms with Crippen LogP contribution in [0, 0.1) is 0 Å². The summed E-state index contributed by atoms with van der Waals surface area (Å²) in [6, 6.07) is 16.8. The SMILES string of the molecule is COCC(Nc1ccccc1SC(F)F)c1ccccc1. The third-order valence-corrected chi connectivity index (χ3v) is 3.76. The van der Waals surface area contributed by atoms with Crippen LogP contribution in [0.1, 0.15) is 11.6 Å². The lowest BCUT2D eigenvalue weighted by Gasteiger charge is -2.21. The zero-order chi connectivity index (χ0) is 15.1. The number of para-hydroxylation sites is 1. The summed E-state index contributed by atoms with van der Waals surface area (Å²) in [6.45, 7) is 0.456. The lowest BCUT2D eigenvalue weighted by molar-refractivity contribution is 0.186. The number of benzene rings is 2. The van der Waals surface area contributed by atoms with Gasteiger partial charge in [-0.05, 0) is 17.7 Å². The molecule has 5 heteroatoms. The summed E-state index contributed by atoms with van der Waals surface area (Å²) < 4.78 is 30.5. The van der Waals surface area contributed by atoms with Gasteiger partial charge in [-0.25, -0.2) is 0 Å². The molecule has 0 bridgehead atoms. The van der Waals surface area contributed by atoms with Crippen LogP contribution < -0.4 is 5.32 Å². The molecular formula is C16H17F2NOS. The highest BCUT2D eigenvalue weighted by molar-refractivity contribution is 7.99. The van der Waals surface area contributed by atoms with Gasteiger partial charge in [0.25, 0.3) is 5.76 Å². The normalized spacial score (nSPS) is 12.4. The molecule has 2 aromatic rings. The van der Waals surface area contributed by atoms with Crippen LogP contribution in [0.25, 0.3) is 0 Å². The first kappa shape index (κ1) is 15.8. The molecule has 1 N–H and O–H groups in total. The zero-order valence-electron chi connectivity index (χ0n) is 11.6. The van der Waals surface area contributed by atoms with Crippen molar-refractivity contribution in [2.24, 2.45) is 0 Å². The molecule has 0 saturated carbocycles. The second-order valence-electron chi connectivity index (χ2n) is 4.44. The van der Waals surface area contributed by atoms with Gasteiger partial charge in [0.05, 0.1) is 12.6 Å². The first-order valence-corrected chi connectivity index (χ1v) is 7.43. The smallest absolute Gasteiger partial charge is 0.288 e. The third-order valence-electron chi connectivity index (χ3n) is 2.97. The van der Waals surface area contributed by atoms with Crippen molar-refractivity contribution < 1.29 is 13.5 Å². The van der Waals surface area contributed by atoms with Gasteiger partial charge in [0.15, 0.2) is 0 Å². The van der Waals surface area contributed by atoms with Crippen molar-refractivity contribution >= 4 is 17.4 Å². The number of thioether (sulfide) groups is 1. The van der Waals surface area contributed by atoms with Crippen LogP contribution in [0.15, 0.2) is 59.5 Å². The van der Waals surface area contributed by atoms with Crippen molar-refractivity contribution in [2.45, 2.75) is 16.7 Å². The number of nitrogens with one attached hydrogen (secondary N) is 1. The molecular weight excluding hydrogens is 292 g/mol. The number of methoxy groups -OCH3 is 1. The van der Waals surface area contributed by atoms with Gasteiger partial charge in [-0.2, -0.15) is 8.78 Å². The molecule has 0 aliphatic carbocycles. The lowest BCUT2D eigenvalue weighted by atomic mass is 10.1. The van der Waals surface area contributed by atoms with E-state index in [0.29, 0.717) is 29.0 Å². The van der Waals surface area contributed by atoms with E-state index in [0.717, 1.165) is 5.56 Å². The van der Waals surface area contributed by atoms with Gasteiger partial charge in [-0.3, -0.25) is 0 Å². The molecule has 0 spiro atoms. The van der Waals surface area contributed by atoms with E-state index in [1.54, 1.807) is 25.3 Å². The highest BCUT2D eigenvalue weighted by Gasteiger charge is 2.15. The molecule has 112 valence electrons. The van der Waals surface area contributed by atoms with Crippen LogP contribution in [-0.4, -0.2) is 19.5 Å². The first-order valence-electron chi connectivity index (χ1n) is 6.55. The fraction of sp³-hybridized carbons (Fsp3) is 0.250. The molecule has 0 fully saturated rings. The van der Waals surface area contributed by atoms with Gasteiger partial charge in [0, 0.05) is 17.7 Å². The summed E-state index contributed by atoms with van der Waals surface area (Å²) in [5.41, 5.74) is 1.74. The standard InChI is InChI=1S/C16H17F2NOS/c1-20-11-14(12-7-3-2-4-8-12)19-13-9-5-6-10-15(13)21-16(17)18/h2-10,14,16,19H,11H2,1H3. The quantitative estimate of drug-likeness (QED) is 0.742. The van der Waals surface area contributed by atoms with Crippen LogP contribution in [-0.2, 0) is 4.74 Å². The Morgan fingerprint density at radius 1 is 1.05 bits per heavy atom. The molecule has 0 saturated heterocycles. The van der Waals surface area contributed by atoms with E-state index in [-0.39, 0.29) is 6.04 Å². The van der Waals surface area contributed by atoms with Gasteiger partial charge in [-0.15, -0.1) is 0 Å². The lowest BCUT2D eigenvalue weighted by Crippen LogP contribution is -2.16. The molecule has 2 nitrogen and oxygen atoms in total. The van der Waals surface area contributed by atoms with E-state index >= 15 is 0 Å². The summed E-state index contributed by atoms with van der Waals surface area (Å²) in [6.07, 6.45) is 0. The summed E-state index contributed by atoms with van der Waals surface area (Å²) >= 11 is 0.544. The Morgan fingerprint density at radius 2 is 1.71 bits per heavy atom. The highest BCUT2D eigenvalue weighted by Crippen LogP contribution is 2.33. The fourth-order valence-electron chi connectivity index (χ4n) is 2.05. The van der Waals surface area contributed by atoms with Crippen LogP contribution in [0.5, 0.6) is 0 Å². The number of hydrogen-bond donors (Lipinski definition) is 1. The maximum absolute atomic E-state index is 12.6. The second-order valence-corrected chi connectivity index (χ2v) is 5.47. The number of rotatable bonds is 7. The van der Waals surface area contributed by atoms with Gasteiger partial charge in [0.1, 0.15) is 0 Å². The summed E-state index contributed by atoms with van der Waals surface area (Å²) in [7, 11) is 1.62. The fourth-order valence-corrected chi connectivity index (χ4v) is 2.65. The molecule has 0 aliphatic heterocycles. The largest absolute Gasteiger partial charge is 0.382 e. The summed E-state index contributed by atoms with van der Waals surface area (Å²) in [5.74, 6) is -2.44. The van der Waals surface area contributed by atoms with Crippen LogP contribution in [0.2, 0.25) is 0 Å². The van der Waals surface area contributed by atoms with Crippen molar-refractivity contribution in [3.63, 3.8) is 0 Å². The average molecular weight is 309 g/mol. The van der Waals surface area contributed by atoms with Gasteiger partial charge >= 0.3 is 0 Å². The van der Waals surface area contributed by atoms with E-state index in [1.807, 2.05) is 36.4 Å². The molecule has 0 heterocycles. The molecule has 0 amide bonds. The second kappa shape index (κ2) is 8.00. The number of halogens is 2. The van der Waals surface area contributed by atoms with Crippen molar-refractivity contribution in [3.8, 4) is 0 Å². The Morgan fingerprint density at radius 3 is 2.38 bits per heavy atom. The molecule has 0 radical (unpaired) electrons. The van der Waals surface area contributed by atoms with Crippen LogP contribution in [0.3, 0.4) is 0 Å². The van der Waals surface area contributed by atoms with E-state index in [9.17, 15) is 8.78 Å². The van der Waals surface area contributed by atoms with Crippen molar-refractivity contribution in [1.29, 1.82) is 0 Å². The van der Waals surface area contributed by atoms with Crippen molar-refractivity contribution in [1.82, 2.24) is 0 Å². The Balaban J connectivity index is 2.21. The molecule has 2 rings (SSSR count). The Kier molecular flexibility index (Phi) is 6.02. The monoisotopic (exact) mass is 309 g/mol. The minimum atomic E-state index is -2.44. The summed E-state index contributed by atoms with van der Waals surface area (Å²) in [4.78, 5) is 0.532. The Hall–Kier alpha value is -1.59. The Labute approximate surface area is 127 Å². The molecule has 21 heavy (non-hydrogen) atoms. The highest BCUT2D eigenvalue weighted by atomic mass is 32.2. The predicted octanol–water partition coefficient (Wildman–Crippen LogP) is 4.80. The number of alkyl halides is 2. The van der Waals surface area contributed by atoms with Crippen LogP contribution in [0.4, 0.5) is 14.5 Å². The minimum absolute atomic E-state index is 0.0874. The average Bonchev–Trinajstić information content (AvgIpc) is 2.49. The molecule has 2 aromatic carbocycles. The third kappa shape index (κ3) is 4.72. The maximum Gasteiger partial charge on any atom is 0.288 e. The number of ether oxygens (including phenoxy) is 1. The maximum atomic E-state index is 12.6. The van der Waals surface area contributed by atoms with E-state index in [4.69, 9.17) is 4.74 Å². The van der Waals surface area contributed by atoms with Crippen LogP contribution >= 0.6 is 11.8 Å².